The zero-order valence-corrected chi connectivity index (χ0v) is 17.3. The first-order valence-corrected chi connectivity index (χ1v) is 10.7. The van der Waals surface area contributed by atoms with Gasteiger partial charge in [-0.2, -0.15) is 0 Å². The van der Waals surface area contributed by atoms with Gasteiger partial charge < -0.3 is 4.74 Å². The number of benzene rings is 2. The molecule has 28 heavy (non-hydrogen) atoms. The number of thioether (sulfide) groups is 1. The van der Waals surface area contributed by atoms with Gasteiger partial charge in [-0.3, -0.25) is 4.57 Å². The Kier molecular flexibility index (Phi) is 6.21. The predicted octanol–water partition coefficient (Wildman–Crippen LogP) is 5.86. The number of halogens is 3. The molecule has 1 aromatic heterocycles. The molecule has 0 spiro atoms. The average Bonchev–Trinajstić information content (AvgIpc) is 3.34. The van der Waals surface area contributed by atoms with Crippen molar-refractivity contribution in [2.45, 2.75) is 36.4 Å². The average molecular weight is 438 g/mol. The summed E-state index contributed by atoms with van der Waals surface area (Å²) in [5.41, 5.74) is 1.88. The van der Waals surface area contributed by atoms with Crippen LogP contribution in [0.3, 0.4) is 0 Å². The largest absolute Gasteiger partial charge is 0.376 e. The summed E-state index contributed by atoms with van der Waals surface area (Å²) in [7, 11) is 0. The number of rotatable bonds is 6. The van der Waals surface area contributed by atoms with E-state index in [2.05, 4.69) is 14.8 Å². The summed E-state index contributed by atoms with van der Waals surface area (Å²) in [5.74, 6) is 1.12. The second-order valence-electron chi connectivity index (χ2n) is 6.60. The molecule has 8 heteroatoms. The smallest absolute Gasteiger partial charge is 0.191 e. The van der Waals surface area contributed by atoms with Crippen LogP contribution in [-0.2, 0) is 17.0 Å². The van der Waals surface area contributed by atoms with Crippen molar-refractivity contribution in [2.24, 2.45) is 0 Å². The van der Waals surface area contributed by atoms with Crippen molar-refractivity contribution in [1.29, 1.82) is 0 Å². The highest BCUT2D eigenvalue weighted by Crippen LogP contribution is 2.30. The van der Waals surface area contributed by atoms with Gasteiger partial charge in [0.25, 0.3) is 0 Å². The molecule has 0 amide bonds. The van der Waals surface area contributed by atoms with Crippen molar-refractivity contribution in [1.82, 2.24) is 14.8 Å². The van der Waals surface area contributed by atoms with Crippen molar-refractivity contribution in [2.75, 3.05) is 6.61 Å². The summed E-state index contributed by atoms with van der Waals surface area (Å²) >= 11 is 13.7. The number of aromatic nitrogens is 3. The van der Waals surface area contributed by atoms with Gasteiger partial charge in [-0.15, -0.1) is 10.2 Å². The number of hydrogen-bond acceptors (Lipinski definition) is 4. The second-order valence-corrected chi connectivity index (χ2v) is 8.35. The lowest BCUT2D eigenvalue weighted by Crippen LogP contribution is -2.16. The third-order valence-electron chi connectivity index (χ3n) is 4.58. The Bertz CT molecular complexity index is 959. The fourth-order valence-corrected chi connectivity index (χ4v) is 4.35. The van der Waals surface area contributed by atoms with E-state index >= 15 is 0 Å². The molecule has 4 nitrogen and oxygen atoms in total. The molecular formula is C20H18Cl2FN3OS. The summed E-state index contributed by atoms with van der Waals surface area (Å²) in [6.45, 7) is 1.45. The summed E-state index contributed by atoms with van der Waals surface area (Å²) < 4.78 is 21.2. The summed E-state index contributed by atoms with van der Waals surface area (Å²) in [6, 6.07) is 11.9. The molecule has 4 rings (SSSR count). The zero-order valence-electron chi connectivity index (χ0n) is 14.9. The Morgan fingerprint density at radius 2 is 1.93 bits per heavy atom. The van der Waals surface area contributed by atoms with Gasteiger partial charge >= 0.3 is 0 Å². The third kappa shape index (κ3) is 4.51. The van der Waals surface area contributed by atoms with E-state index in [1.165, 1.54) is 12.1 Å². The first kappa shape index (κ1) is 19.7. The van der Waals surface area contributed by atoms with Crippen LogP contribution >= 0.6 is 35.0 Å². The zero-order chi connectivity index (χ0) is 19.5. The van der Waals surface area contributed by atoms with E-state index in [1.54, 1.807) is 30.0 Å². The molecule has 1 atom stereocenters. The molecule has 2 heterocycles. The minimum Gasteiger partial charge on any atom is -0.376 e. The van der Waals surface area contributed by atoms with Crippen LogP contribution in [0.15, 0.2) is 47.6 Å². The molecule has 2 aromatic carbocycles. The van der Waals surface area contributed by atoms with Gasteiger partial charge in [0, 0.05) is 17.9 Å². The van der Waals surface area contributed by atoms with E-state index in [9.17, 15) is 4.39 Å². The second kappa shape index (κ2) is 8.82. The first-order chi connectivity index (χ1) is 13.6. The van der Waals surface area contributed by atoms with Gasteiger partial charge in [-0.1, -0.05) is 41.0 Å². The maximum Gasteiger partial charge on any atom is 0.191 e. The van der Waals surface area contributed by atoms with Gasteiger partial charge in [0.05, 0.1) is 22.7 Å². The van der Waals surface area contributed by atoms with Crippen LogP contribution in [0.2, 0.25) is 10.0 Å². The van der Waals surface area contributed by atoms with Crippen molar-refractivity contribution in [3.8, 4) is 11.4 Å². The van der Waals surface area contributed by atoms with Gasteiger partial charge in [0.2, 0.25) is 0 Å². The van der Waals surface area contributed by atoms with Crippen LogP contribution in [-0.4, -0.2) is 27.5 Å². The van der Waals surface area contributed by atoms with Crippen LogP contribution in [0.5, 0.6) is 0 Å². The minimum absolute atomic E-state index is 0.138. The van der Waals surface area contributed by atoms with E-state index in [1.807, 2.05) is 12.1 Å². The Morgan fingerprint density at radius 1 is 1.11 bits per heavy atom. The lowest BCUT2D eigenvalue weighted by molar-refractivity contribution is 0.0953. The van der Waals surface area contributed by atoms with Crippen LogP contribution in [0.4, 0.5) is 4.39 Å². The quantitative estimate of drug-likeness (QED) is 0.452. The van der Waals surface area contributed by atoms with Gasteiger partial charge in [-0.05, 0) is 54.8 Å². The predicted molar refractivity (Wildman–Crippen MR) is 110 cm³/mol. The lowest BCUT2D eigenvalue weighted by Gasteiger charge is -2.15. The highest BCUT2D eigenvalue weighted by Gasteiger charge is 2.22. The monoisotopic (exact) mass is 437 g/mol. The molecule has 0 radical (unpaired) electrons. The molecule has 1 saturated heterocycles. The van der Waals surface area contributed by atoms with Gasteiger partial charge in [-0.25, -0.2) is 4.39 Å². The molecule has 0 N–H and O–H groups in total. The third-order valence-corrected chi connectivity index (χ3v) is 6.36. The van der Waals surface area contributed by atoms with E-state index in [-0.39, 0.29) is 11.9 Å². The minimum atomic E-state index is -0.275. The van der Waals surface area contributed by atoms with Crippen molar-refractivity contribution < 1.29 is 9.13 Å². The van der Waals surface area contributed by atoms with E-state index in [0.717, 1.165) is 35.7 Å². The molecule has 0 aliphatic carbocycles. The van der Waals surface area contributed by atoms with Crippen LogP contribution in [0, 0.1) is 5.82 Å². The normalized spacial score (nSPS) is 16.6. The fourth-order valence-electron chi connectivity index (χ4n) is 3.14. The van der Waals surface area contributed by atoms with Crippen LogP contribution < -0.4 is 0 Å². The molecular weight excluding hydrogens is 420 g/mol. The maximum atomic E-state index is 13.3. The Balaban J connectivity index is 1.59. The fraction of sp³-hybridized carbons (Fsp3) is 0.300. The van der Waals surface area contributed by atoms with Crippen molar-refractivity contribution >= 4 is 35.0 Å². The molecule has 146 valence electrons. The highest BCUT2D eigenvalue weighted by molar-refractivity contribution is 7.98. The topological polar surface area (TPSA) is 39.9 Å². The van der Waals surface area contributed by atoms with Crippen molar-refractivity contribution in [3.63, 3.8) is 0 Å². The molecule has 1 fully saturated rings. The standard InChI is InChI=1S/C20H18Cl2FN3OS/c21-17-8-3-13(10-18(17)22)12-28-20-25-24-19(14-4-6-15(23)7-5-14)26(20)11-16-2-1-9-27-16/h3-8,10,16H,1-2,9,11-12H2. The van der Waals surface area contributed by atoms with Crippen molar-refractivity contribution in [3.05, 3.63) is 63.9 Å². The lowest BCUT2D eigenvalue weighted by atomic mass is 10.2. The Hall–Kier alpha value is -1.60. The maximum absolute atomic E-state index is 13.3. The van der Waals surface area contributed by atoms with Gasteiger partial charge in [0.15, 0.2) is 11.0 Å². The first-order valence-electron chi connectivity index (χ1n) is 8.97. The molecule has 0 bridgehead atoms. The SMILES string of the molecule is Fc1ccc(-c2nnc(SCc3ccc(Cl)c(Cl)c3)n2CC2CCCO2)cc1. The van der Waals surface area contributed by atoms with Crippen LogP contribution in [0.25, 0.3) is 11.4 Å². The number of ether oxygens (including phenoxy) is 1. The van der Waals surface area contributed by atoms with E-state index in [0.29, 0.717) is 28.2 Å². The number of nitrogens with zero attached hydrogens (tertiary/aromatic N) is 3. The van der Waals surface area contributed by atoms with Gasteiger partial charge in [0.1, 0.15) is 5.82 Å². The highest BCUT2D eigenvalue weighted by atomic mass is 35.5. The Morgan fingerprint density at radius 3 is 2.64 bits per heavy atom. The summed E-state index contributed by atoms with van der Waals surface area (Å²) in [5, 5.41) is 10.6. The molecule has 0 saturated carbocycles. The molecule has 1 aliphatic rings. The summed E-state index contributed by atoms with van der Waals surface area (Å²) in [6.07, 6.45) is 2.21. The van der Waals surface area contributed by atoms with Crippen LogP contribution in [0.1, 0.15) is 18.4 Å². The molecule has 1 aliphatic heterocycles. The summed E-state index contributed by atoms with van der Waals surface area (Å²) in [4.78, 5) is 0. The van der Waals surface area contributed by atoms with E-state index in [4.69, 9.17) is 27.9 Å². The molecule has 1 unspecified atom stereocenters. The molecule has 3 aromatic rings. The Labute approximate surface area is 177 Å². The number of hydrogen-bond donors (Lipinski definition) is 0. The van der Waals surface area contributed by atoms with E-state index < -0.39 is 0 Å².